The van der Waals surface area contributed by atoms with Crippen LogP contribution in [0.25, 0.3) is 10.4 Å². The number of nitriles is 1. The van der Waals surface area contributed by atoms with Crippen LogP contribution in [-0.4, -0.2) is 143 Å². The van der Waals surface area contributed by atoms with Crippen molar-refractivity contribution in [2.75, 3.05) is 63.8 Å². The summed E-state index contributed by atoms with van der Waals surface area (Å²) in [6.45, 7) is 24.0. The zero-order valence-electron chi connectivity index (χ0n) is 44.3. The highest BCUT2D eigenvalue weighted by Crippen LogP contribution is 2.55. The van der Waals surface area contributed by atoms with Gasteiger partial charge in [0.25, 0.3) is 5.91 Å². The average Bonchev–Trinajstić information content (AvgIpc) is 4.13. The number of carbonyl (C=O) groups is 4. The van der Waals surface area contributed by atoms with Gasteiger partial charge in [0, 0.05) is 81.4 Å². The van der Waals surface area contributed by atoms with E-state index in [2.05, 4.69) is 69.4 Å². The zero-order valence-corrected chi connectivity index (χ0v) is 45.9. The number of pyridine rings is 1. The molecule has 4 aliphatic rings. The number of anilines is 1. The van der Waals surface area contributed by atoms with E-state index in [-0.39, 0.29) is 72.2 Å². The van der Waals surface area contributed by atoms with Crippen molar-refractivity contribution in [3.8, 4) is 22.3 Å². The monoisotopic (exact) mass is 1050 g/mol. The van der Waals surface area contributed by atoms with Gasteiger partial charge in [0.05, 0.1) is 50.9 Å². The molecule has 4 amide bonds. The van der Waals surface area contributed by atoms with E-state index in [0.717, 1.165) is 86.2 Å². The number of thiazole rings is 1. The number of aliphatic hydroxyl groups excluding tert-OH is 1. The van der Waals surface area contributed by atoms with Gasteiger partial charge in [-0.05, 0) is 80.0 Å². The van der Waals surface area contributed by atoms with Crippen molar-refractivity contribution in [1.82, 2.24) is 40.6 Å². The highest BCUT2D eigenvalue weighted by atomic mass is 35.5. The van der Waals surface area contributed by atoms with E-state index in [1.54, 1.807) is 35.7 Å². The highest BCUT2D eigenvalue weighted by Gasteiger charge is 2.64. The lowest BCUT2D eigenvalue weighted by Crippen LogP contribution is -2.74. The number of amides is 4. The van der Waals surface area contributed by atoms with Crippen LogP contribution < -0.4 is 25.6 Å². The number of β-amino-alcohol motifs (C(OH)–C–C–N with tert-alkyl or cyclic N) is 1. The van der Waals surface area contributed by atoms with Gasteiger partial charge in [-0.25, -0.2) is 9.97 Å². The molecule has 0 bridgehead atoms. The fourth-order valence-electron chi connectivity index (χ4n) is 11.8. The second-order valence-corrected chi connectivity index (χ2v) is 24.4. The Balaban J connectivity index is 0.756. The van der Waals surface area contributed by atoms with E-state index < -0.39 is 23.6 Å². The molecule has 18 heteroatoms. The van der Waals surface area contributed by atoms with E-state index in [0.29, 0.717) is 27.8 Å². The lowest BCUT2D eigenvalue weighted by atomic mass is 9.49. The van der Waals surface area contributed by atoms with Gasteiger partial charge in [0.2, 0.25) is 17.7 Å². The van der Waals surface area contributed by atoms with Crippen LogP contribution in [0.4, 0.5) is 5.82 Å². The molecular formula is C56H73ClN10O6S. The molecule has 74 heavy (non-hydrogen) atoms. The lowest BCUT2D eigenvalue weighted by molar-refractivity contribution is -0.164. The predicted octanol–water partition coefficient (Wildman–Crippen LogP) is 6.85. The smallest absolute Gasteiger partial charge is 0.253 e. The summed E-state index contributed by atoms with van der Waals surface area (Å²) in [5.74, 6) is 0.815. The molecule has 8 rings (SSSR count). The molecule has 1 aliphatic carbocycles. The van der Waals surface area contributed by atoms with E-state index in [1.165, 1.54) is 4.90 Å². The third-order valence-electron chi connectivity index (χ3n) is 15.8. The Morgan fingerprint density at radius 1 is 0.946 bits per heavy atom. The molecule has 16 nitrogen and oxygen atoms in total. The average molecular weight is 1050 g/mol. The molecule has 5 heterocycles. The summed E-state index contributed by atoms with van der Waals surface area (Å²) in [6.07, 6.45) is 2.83. The molecule has 2 aromatic heterocycles. The Labute approximate surface area is 445 Å². The number of likely N-dealkylation sites (tertiary alicyclic amines) is 1. The Morgan fingerprint density at radius 3 is 2.27 bits per heavy atom. The van der Waals surface area contributed by atoms with Gasteiger partial charge in [0.15, 0.2) is 0 Å². The number of nitrogens with one attached hydrogen (secondary N) is 3. The molecule has 1 saturated carbocycles. The number of aliphatic hydroxyl groups is 1. The molecule has 3 saturated heterocycles. The minimum atomic E-state index is -0.896. The van der Waals surface area contributed by atoms with E-state index in [1.807, 2.05) is 76.5 Å². The summed E-state index contributed by atoms with van der Waals surface area (Å²) in [7, 11) is 0. The summed E-state index contributed by atoms with van der Waals surface area (Å²) in [5, 5.41) is 29.7. The quantitative estimate of drug-likeness (QED) is 0.0913. The minimum absolute atomic E-state index is 0.0138. The summed E-state index contributed by atoms with van der Waals surface area (Å²) in [5.41, 5.74) is 4.25. The number of nitrogens with zero attached hydrogens (tertiary/aromatic N) is 7. The molecule has 0 spiro atoms. The summed E-state index contributed by atoms with van der Waals surface area (Å²) in [6, 6.07) is 16.7. The second kappa shape index (κ2) is 22.3. The number of halogens is 1. The molecule has 396 valence electrons. The number of rotatable bonds is 16. The van der Waals surface area contributed by atoms with Crippen molar-refractivity contribution in [3.63, 3.8) is 0 Å². The number of hydrogen-bond donors (Lipinski definition) is 4. The molecule has 5 atom stereocenters. The summed E-state index contributed by atoms with van der Waals surface area (Å²) < 4.78 is 6.39. The Kier molecular flexibility index (Phi) is 16.5. The van der Waals surface area contributed by atoms with Crippen molar-refractivity contribution in [2.45, 2.75) is 118 Å². The first-order valence-corrected chi connectivity index (χ1v) is 27.2. The number of aryl methyl sites for hydroxylation is 1. The van der Waals surface area contributed by atoms with Crippen molar-refractivity contribution in [1.29, 1.82) is 5.26 Å². The maximum absolute atomic E-state index is 14.3. The third kappa shape index (κ3) is 12.1. The van der Waals surface area contributed by atoms with Gasteiger partial charge < -0.3 is 40.5 Å². The van der Waals surface area contributed by atoms with Crippen molar-refractivity contribution in [2.24, 2.45) is 22.2 Å². The normalized spacial score (nSPS) is 23.6. The molecule has 4 fully saturated rings. The van der Waals surface area contributed by atoms with Crippen LogP contribution in [0.15, 0.2) is 66.3 Å². The van der Waals surface area contributed by atoms with Gasteiger partial charge in [-0.1, -0.05) is 84.3 Å². The van der Waals surface area contributed by atoms with Crippen LogP contribution in [0.1, 0.15) is 108 Å². The molecule has 4 N–H and O–H groups in total. The first-order chi connectivity index (χ1) is 35.0. The first-order valence-electron chi connectivity index (χ1n) is 25.9. The van der Waals surface area contributed by atoms with Gasteiger partial charge in [-0.15, -0.1) is 11.3 Å². The van der Waals surface area contributed by atoms with Crippen LogP contribution >= 0.6 is 22.9 Å². The minimum Gasteiger partial charge on any atom is -0.489 e. The third-order valence-corrected chi connectivity index (χ3v) is 17.1. The lowest BCUT2D eigenvalue weighted by Gasteiger charge is -2.63. The molecular weight excluding hydrogens is 976 g/mol. The number of aromatic nitrogens is 2. The largest absolute Gasteiger partial charge is 0.489 e. The first kappa shape index (κ1) is 54.6. The number of hydrogen-bond acceptors (Lipinski definition) is 13. The number of carbonyl (C=O) groups excluding carboxylic acids is 4. The maximum atomic E-state index is 14.3. The number of benzene rings is 2. The maximum Gasteiger partial charge on any atom is 0.253 e. The van der Waals surface area contributed by atoms with Gasteiger partial charge in [-0.2, -0.15) is 5.26 Å². The van der Waals surface area contributed by atoms with Crippen molar-refractivity contribution in [3.05, 3.63) is 93.7 Å². The topological polar surface area (TPSA) is 196 Å². The fraction of sp³-hybridized carbons (Fsp3) is 0.554. The van der Waals surface area contributed by atoms with E-state index >= 15 is 0 Å². The Morgan fingerprint density at radius 2 is 1.65 bits per heavy atom. The molecule has 2 aromatic carbocycles. The van der Waals surface area contributed by atoms with Crippen LogP contribution in [0.3, 0.4) is 0 Å². The Hall–Kier alpha value is -5.64. The van der Waals surface area contributed by atoms with Gasteiger partial charge in [0.1, 0.15) is 35.8 Å². The Bertz CT molecular complexity index is 2700. The number of piperazine rings is 1. The van der Waals surface area contributed by atoms with E-state index in [9.17, 15) is 29.5 Å². The predicted molar refractivity (Wildman–Crippen MR) is 288 cm³/mol. The van der Waals surface area contributed by atoms with Crippen molar-refractivity contribution >= 4 is 52.4 Å². The van der Waals surface area contributed by atoms with Crippen molar-refractivity contribution < 1.29 is 29.0 Å². The molecule has 0 unspecified atom stereocenters. The van der Waals surface area contributed by atoms with E-state index in [4.69, 9.17) is 21.3 Å². The SMILES string of the molecule is Cc1ncsc1-c1ccc([C@H](C)NC(=O)[C@@H]2C[C@@H](O)CN2C(=O)[C@@H](NC(=O)CN2CCN(CC[C@H]3CCN(c4ccc(C(=O)N[C@H]5C(C)(C)[C@H](Oc6ccc(C#N)c(Cl)c6)C5(C)C)cn4)C3)CC2)C(C)(C)C)cc1. The van der Waals surface area contributed by atoms with Gasteiger partial charge in [-0.3, -0.25) is 24.1 Å². The zero-order chi connectivity index (χ0) is 53.3. The standard InChI is InChI=1S/C56H73ClN10O6S/c1-34(37-10-12-38(13-11-37)47-35(2)60-33-74-47)61-50(71)44-26-41(68)31-67(44)51(72)48(54(3,4)5)62-46(69)32-65-24-22-64(23-25-65)20-18-36-19-21-66(30-36)45-17-15-40(29-59-45)49(70)63-52-55(6,7)53(56(52,8)9)73-42-16-14-39(28-58)43(57)27-42/h10-17,27,29,33-34,36,41,44,48,52-53,68H,18-26,30-32H2,1-9H3,(H,61,71)(H,62,69)(H,63,70)/t34-,36-,41+,44-,48+,52-,53-/m0/s1. The molecule has 3 aliphatic heterocycles. The summed E-state index contributed by atoms with van der Waals surface area (Å²) >= 11 is 7.85. The van der Waals surface area contributed by atoms with Crippen LogP contribution in [0, 0.1) is 40.4 Å². The van der Waals surface area contributed by atoms with Crippen LogP contribution in [-0.2, 0) is 14.4 Å². The van der Waals surface area contributed by atoms with Gasteiger partial charge >= 0.3 is 0 Å². The number of ether oxygens (including phenoxy) is 1. The second-order valence-electron chi connectivity index (χ2n) is 23.1. The molecule has 4 aromatic rings. The molecule has 0 radical (unpaired) electrons. The fourth-order valence-corrected chi connectivity index (χ4v) is 12.8. The van der Waals surface area contributed by atoms with Crippen LogP contribution in [0.5, 0.6) is 5.75 Å². The summed E-state index contributed by atoms with van der Waals surface area (Å²) in [4.78, 5) is 73.7. The highest BCUT2D eigenvalue weighted by molar-refractivity contribution is 7.13. The van der Waals surface area contributed by atoms with Crippen LogP contribution in [0.2, 0.25) is 5.02 Å².